The van der Waals surface area contributed by atoms with Crippen molar-refractivity contribution in [2.75, 3.05) is 5.32 Å². The lowest BCUT2D eigenvalue weighted by atomic mass is 10.0. The van der Waals surface area contributed by atoms with Crippen LogP contribution in [0, 0.1) is 0 Å². The molecule has 0 aromatic heterocycles. The van der Waals surface area contributed by atoms with Crippen LogP contribution in [0.3, 0.4) is 0 Å². The number of hydrogen-bond acceptors (Lipinski definition) is 3. The van der Waals surface area contributed by atoms with Gasteiger partial charge in [-0.1, -0.05) is 41.9 Å². The van der Waals surface area contributed by atoms with E-state index in [9.17, 15) is 4.79 Å². The molecule has 0 saturated carbocycles. The van der Waals surface area contributed by atoms with Crippen molar-refractivity contribution in [3.05, 3.63) is 77.3 Å². The maximum atomic E-state index is 11.3. The molecule has 4 heteroatoms. The number of cyclic esters (lactones) is 1. The molecule has 106 valence electrons. The van der Waals surface area contributed by atoms with E-state index in [1.807, 2.05) is 54.6 Å². The zero-order chi connectivity index (χ0) is 14.7. The molecule has 21 heavy (non-hydrogen) atoms. The average Bonchev–Trinajstić information content (AvgIpc) is 2.94. The van der Waals surface area contributed by atoms with Crippen molar-refractivity contribution < 1.29 is 9.53 Å². The van der Waals surface area contributed by atoms with Gasteiger partial charge in [0, 0.05) is 16.8 Å². The number of esters is 1. The molecule has 1 heterocycles. The molecule has 0 aliphatic carbocycles. The van der Waals surface area contributed by atoms with Crippen LogP contribution < -0.4 is 5.32 Å². The first-order valence-corrected chi connectivity index (χ1v) is 7.06. The minimum Gasteiger partial charge on any atom is -0.452 e. The van der Waals surface area contributed by atoms with Crippen molar-refractivity contribution in [1.82, 2.24) is 0 Å². The third kappa shape index (κ3) is 3.26. The highest BCUT2D eigenvalue weighted by Gasteiger charge is 2.27. The van der Waals surface area contributed by atoms with E-state index in [0.29, 0.717) is 5.02 Å². The summed E-state index contributed by atoms with van der Waals surface area (Å²) in [5.41, 5.74) is 1.97. The Labute approximate surface area is 128 Å². The van der Waals surface area contributed by atoms with E-state index >= 15 is 0 Å². The van der Waals surface area contributed by atoms with Crippen LogP contribution in [0.4, 0.5) is 5.69 Å². The van der Waals surface area contributed by atoms with Crippen LogP contribution in [-0.2, 0) is 9.53 Å². The van der Waals surface area contributed by atoms with Gasteiger partial charge in [0.25, 0.3) is 0 Å². The molecule has 0 spiro atoms. The first kappa shape index (κ1) is 13.7. The smallest absolute Gasteiger partial charge is 0.331 e. The largest absolute Gasteiger partial charge is 0.452 e. The zero-order valence-corrected chi connectivity index (χ0v) is 12.0. The van der Waals surface area contributed by atoms with Crippen LogP contribution in [0.1, 0.15) is 11.6 Å². The number of carbonyl (C=O) groups excluding carboxylic acids is 1. The molecule has 0 radical (unpaired) electrons. The Kier molecular flexibility index (Phi) is 3.93. The molecule has 2 aromatic rings. The number of ether oxygens (including phenoxy) is 1. The molecular formula is C17H14ClNO2. The van der Waals surface area contributed by atoms with E-state index in [4.69, 9.17) is 16.3 Å². The van der Waals surface area contributed by atoms with E-state index < -0.39 is 0 Å². The Morgan fingerprint density at radius 3 is 2.38 bits per heavy atom. The number of benzene rings is 2. The number of hydrogen-bond donors (Lipinski definition) is 1. The number of nitrogens with one attached hydrogen (secondary N) is 1. The third-order valence-corrected chi connectivity index (χ3v) is 3.58. The lowest BCUT2D eigenvalue weighted by Crippen LogP contribution is -2.25. The molecule has 1 N–H and O–H groups in total. The van der Waals surface area contributed by atoms with Gasteiger partial charge in [-0.2, -0.15) is 0 Å². The van der Waals surface area contributed by atoms with Crippen LogP contribution in [0.25, 0.3) is 0 Å². The topological polar surface area (TPSA) is 38.3 Å². The van der Waals surface area contributed by atoms with Crippen LogP contribution >= 0.6 is 11.6 Å². The first-order valence-electron chi connectivity index (χ1n) is 6.68. The summed E-state index contributed by atoms with van der Waals surface area (Å²) in [4.78, 5) is 11.3. The molecular weight excluding hydrogens is 286 g/mol. The standard InChI is InChI=1S/C17H14ClNO2/c18-13-6-8-14(9-7-13)19-17(12-4-2-1-3-5-12)15-10-11-16(20)21-15/h1-11,15,17,19H. The summed E-state index contributed by atoms with van der Waals surface area (Å²) in [7, 11) is 0. The SMILES string of the molecule is O=C1C=CC(C(Nc2ccc(Cl)cc2)c2ccccc2)O1. The molecule has 1 aliphatic heterocycles. The Bertz CT molecular complexity index is 652. The fourth-order valence-electron chi connectivity index (χ4n) is 2.31. The fourth-order valence-corrected chi connectivity index (χ4v) is 2.43. The molecule has 0 saturated heterocycles. The summed E-state index contributed by atoms with van der Waals surface area (Å²) < 4.78 is 5.34. The molecule has 2 unspecified atom stereocenters. The maximum absolute atomic E-state index is 11.3. The summed E-state index contributed by atoms with van der Waals surface area (Å²) in [5, 5.41) is 4.08. The molecule has 0 fully saturated rings. The lowest BCUT2D eigenvalue weighted by molar-refractivity contribution is -0.139. The molecule has 2 aromatic carbocycles. The molecule has 2 atom stereocenters. The molecule has 3 nitrogen and oxygen atoms in total. The van der Waals surface area contributed by atoms with Crippen LogP contribution in [0.2, 0.25) is 5.02 Å². The van der Waals surface area contributed by atoms with Crippen molar-refractivity contribution in [2.45, 2.75) is 12.1 Å². The molecule has 3 rings (SSSR count). The monoisotopic (exact) mass is 299 g/mol. The van der Waals surface area contributed by atoms with Crippen LogP contribution in [0.5, 0.6) is 0 Å². The van der Waals surface area contributed by atoms with E-state index in [0.717, 1.165) is 11.3 Å². The van der Waals surface area contributed by atoms with Crippen molar-refractivity contribution >= 4 is 23.3 Å². The summed E-state index contributed by atoms with van der Waals surface area (Å²) in [6.07, 6.45) is 2.92. The fraction of sp³-hybridized carbons (Fsp3) is 0.118. The van der Waals surface area contributed by atoms with Crippen molar-refractivity contribution in [2.24, 2.45) is 0 Å². The molecule has 0 amide bonds. The predicted molar refractivity (Wildman–Crippen MR) is 83.3 cm³/mol. The van der Waals surface area contributed by atoms with Gasteiger partial charge in [-0.05, 0) is 35.9 Å². The minimum absolute atomic E-state index is 0.143. The quantitative estimate of drug-likeness (QED) is 0.868. The summed E-state index contributed by atoms with van der Waals surface area (Å²) in [5.74, 6) is -0.307. The van der Waals surface area contributed by atoms with Gasteiger partial charge < -0.3 is 10.1 Å². The van der Waals surface area contributed by atoms with Crippen molar-refractivity contribution in [3.63, 3.8) is 0 Å². The summed E-state index contributed by atoms with van der Waals surface area (Å²) in [6.45, 7) is 0. The molecule has 1 aliphatic rings. The predicted octanol–water partition coefficient (Wildman–Crippen LogP) is 3.97. The van der Waals surface area contributed by atoms with Gasteiger partial charge in [-0.3, -0.25) is 0 Å². The van der Waals surface area contributed by atoms with Crippen molar-refractivity contribution in [3.8, 4) is 0 Å². The van der Waals surface area contributed by atoms with Gasteiger partial charge in [0.1, 0.15) is 6.10 Å². The maximum Gasteiger partial charge on any atom is 0.331 e. The normalized spacial score (nSPS) is 18.3. The van der Waals surface area contributed by atoms with Gasteiger partial charge in [-0.25, -0.2) is 4.79 Å². The van der Waals surface area contributed by atoms with Gasteiger partial charge in [-0.15, -0.1) is 0 Å². The Hall–Kier alpha value is -2.26. The van der Waals surface area contributed by atoms with Crippen molar-refractivity contribution in [1.29, 1.82) is 0 Å². The minimum atomic E-state index is -0.324. The second-order valence-corrected chi connectivity index (χ2v) is 5.24. The average molecular weight is 300 g/mol. The Morgan fingerprint density at radius 1 is 1.05 bits per heavy atom. The zero-order valence-electron chi connectivity index (χ0n) is 11.2. The number of rotatable bonds is 4. The van der Waals surface area contributed by atoms with E-state index in [-0.39, 0.29) is 18.1 Å². The highest BCUT2D eigenvalue weighted by molar-refractivity contribution is 6.30. The van der Waals surface area contributed by atoms with Crippen LogP contribution in [-0.4, -0.2) is 12.1 Å². The van der Waals surface area contributed by atoms with Crippen LogP contribution in [0.15, 0.2) is 66.7 Å². The second kappa shape index (κ2) is 6.02. The Balaban J connectivity index is 1.87. The summed E-state index contributed by atoms with van der Waals surface area (Å²) in [6, 6.07) is 17.2. The van der Waals surface area contributed by atoms with E-state index in [1.54, 1.807) is 6.08 Å². The van der Waals surface area contributed by atoms with Gasteiger partial charge in [0.05, 0.1) is 6.04 Å². The first-order chi connectivity index (χ1) is 10.2. The van der Waals surface area contributed by atoms with Gasteiger partial charge >= 0.3 is 5.97 Å². The summed E-state index contributed by atoms with van der Waals surface area (Å²) >= 11 is 5.90. The van der Waals surface area contributed by atoms with E-state index in [1.165, 1.54) is 6.08 Å². The number of anilines is 1. The van der Waals surface area contributed by atoms with E-state index in [2.05, 4.69) is 5.32 Å². The van der Waals surface area contributed by atoms with Gasteiger partial charge in [0.15, 0.2) is 0 Å². The highest BCUT2D eigenvalue weighted by Crippen LogP contribution is 2.28. The Morgan fingerprint density at radius 2 is 1.76 bits per heavy atom. The highest BCUT2D eigenvalue weighted by atomic mass is 35.5. The molecule has 0 bridgehead atoms. The number of halogens is 1. The lowest BCUT2D eigenvalue weighted by Gasteiger charge is -2.24. The van der Waals surface area contributed by atoms with Gasteiger partial charge in [0.2, 0.25) is 0 Å². The second-order valence-electron chi connectivity index (χ2n) is 4.80. The third-order valence-electron chi connectivity index (χ3n) is 3.33. The number of carbonyl (C=O) groups is 1.